The third-order valence-electron chi connectivity index (χ3n) is 6.09. The highest BCUT2D eigenvalue weighted by Crippen LogP contribution is 2.30. The van der Waals surface area contributed by atoms with Gasteiger partial charge in [-0.15, -0.1) is 0 Å². The van der Waals surface area contributed by atoms with Crippen LogP contribution in [-0.2, 0) is 53.0 Å². The molecule has 37 heavy (non-hydrogen) atoms. The van der Waals surface area contributed by atoms with Crippen molar-refractivity contribution in [3.05, 3.63) is 108 Å². The summed E-state index contributed by atoms with van der Waals surface area (Å²) in [7, 11) is 1.52. The van der Waals surface area contributed by atoms with E-state index in [0.29, 0.717) is 19.8 Å². The quantitative estimate of drug-likeness (QED) is 0.331. The van der Waals surface area contributed by atoms with Gasteiger partial charge < -0.3 is 28.4 Å². The molecule has 7 nitrogen and oxygen atoms in total. The van der Waals surface area contributed by atoms with Crippen LogP contribution in [-0.4, -0.2) is 50.4 Å². The molecule has 196 valence electrons. The fraction of sp³-hybridized carbons (Fsp3) is 0.367. The SMILES string of the molecule is CO[C@H]1O[C@H](COCc2ccccc2)[C@@H](OCc2ccccc2)[C@H](OCc2ccccc2)[C@H]1OC(C)=O. The summed E-state index contributed by atoms with van der Waals surface area (Å²) >= 11 is 0. The Hall–Kier alpha value is -3.07. The van der Waals surface area contributed by atoms with Gasteiger partial charge in [0.25, 0.3) is 0 Å². The van der Waals surface area contributed by atoms with Crippen LogP contribution in [0.2, 0.25) is 0 Å². The maximum Gasteiger partial charge on any atom is 0.303 e. The Labute approximate surface area is 218 Å². The summed E-state index contributed by atoms with van der Waals surface area (Å²) in [4.78, 5) is 12.0. The van der Waals surface area contributed by atoms with Gasteiger partial charge in [0.2, 0.25) is 0 Å². The number of benzene rings is 3. The number of hydrogen-bond donors (Lipinski definition) is 0. The Balaban J connectivity index is 1.56. The van der Waals surface area contributed by atoms with Gasteiger partial charge in [0.15, 0.2) is 12.4 Å². The van der Waals surface area contributed by atoms with Crippen LogP contribution in [0.5, 0.6) is 0 Å². The van der Waals surface area contributed by atoms with Crippen molar-refractivity contribution in [1.82, 2.24) is 0 Å². The molecule has 1 saturated heterocycles. The van der Waals surface area contributed by atoms with Crippen LogP contribution in [0.15, 0.2) is 91.0 Å². The highest BCUT2D eigenvalue weighted by molar-refractivity contribution is 5.66. The topological polar surface area (TPSA) is 72.5 Å². The third-order valence-corrected chi connectivity index (χ3v) is 6.09. The van der Waals surface area contributed by atoms with Gasteiger partial charge in [-0.2, -0.15) is 0 Å². The van der Waals surface area contributed by atoms with Gasteiger partial charge in [0.05, 0.1) is 26.4 Å². The van der Waals surface area contributed by atoms with Gasteiger partial charge in [-0.25, -0.2) is 0 Å². The Morgan fingerprint density at radius 3 is 1.68 bits per heavy atom. The molecule has 0 aliphatic carbocycles. The standard InChI is InChI=1S/C30H34O7/c1-22(31)36-29-28(35-20-25-16-10-5-11-17-25)27(34-19-24-14-8-4-9-15-24)26(37-30(29)32-2)21-33-18-23-12-6-3-7-13-23/h3-17,26-30H,18-21H2,1-2H3/t26-,27-,28+,29-,30+/m1/s1. The number of methoxy groups -OCH3 is 1. The lowest BCUT2D eigenvalue weighted by Crippen LogP contribution is -2.62. The van der Waals surface area contributed by atoms with Crippen LogP contribution in [0, 0.1) is 0 Å². The molecule has 0 aromatic heterocycles. The third kappa shape index (κ3) is 7.95. The molecule has 7 heteroatoms. The van der Waals surface area contributed by atoms with E-state index in [4.69, 9.17) is 28.4 Å². The largest absolute Gasteiger partial charge is 0.454 e. The number of hydrogen-bond acceptors (Lipinski definition) is 7. The molecule has 3 aromatic rings. The smallest absolute Gasteiger partial charge is 0.303 e. The Morgan fingerprint density at radius 2 is 1.19 bits per heavy atom. The van der Waals surface area contributed by atoms with Crippen LogP contribution >= 0.6 is 0 Å². The van der Waals surface area contributed by atoms with Gasteiger partial charge >= 0.3 is 5.97 Å². The molecule has 1 aliphatic rings. The minimum Gasteiger partial charge on any atom is -0.454 e. The molecule has 0 unspecified atom stereocenters. The molecular weight excluding hydrogens is 472 g/mol. The second-order valence-corrected chi connectivity index (χ2v) is 8.88. The maximum atomic E-state index is 12.0. The lowest BCUT2D eigenvalue weighted by Gasteiger charge is -2.45. The fourth-order valence-electron chi connectivity index (χ4n) is 4.31. The summed E-state index contributed by atoms with van der Waals surface area (Å²) in [5.41, 5.74) is 3.05. The number of esters is 1. The zero-order valence-electron chi connectivity index (χ0n) is 21.2. The first-order valence-corrected chi connectivity index (χ1v) is 12.4. The molecule has 1 fully saturated rings. The molecule has 0 spiro atoms. The molecule has 0 bridgehead atoms. The van der Waals surface area contributed by atoms with Crippen molar-refractivity contribution in [3.8, 4) is 0 Å². The minimum atomic E-state index is -0.841. The molecule has 0 N–H and O–H groups in total. The van der Waals surface area contributed by atoms with E-state index in [0.717, 1.165) is 16.7 Å². The fourth-order valence-corrected chi connectivity index (χ4v) is 4.31. The molecule has 3 aromatic carbocycles. The second-order valence-electron chi connectivity index (χ2n) is 8.88. The molecule has 0 radical (unpaired) electrons. The number of ether oxygens (including phenoxy) is 6. The van der Waals surface area contributed by atoms with E-state index < -0.39 is 36.7 Å². The Morgan fingerprint density at radius 1 is 0.703 bits per heavy atom. The van der Waals surface area contributed by atoms with Gasteiger partial charge in [-0.3, -0.25) is 4.79 Å². The predicted molar refractivity (Wildman–Crippen MR) is 137 cm³/mol. The summed E-state index contributed by atoms with van der Waals surface area (Å²) in [6, 6.07) is 29.6. The van der Waals surface area contributed by atoms with Crippen molar-refractivity contribution in [2.75, 3.05) is 13.7 Å². The zero-order valence-corrected chi connectivity index (χ0v) is 21.2. The van der Waals surface area contributed by atoms with Crippen molar-refractivity contribution >= 4 is 5.97 Å². The molecule has 0 saturated carbocycles. The highest BCUT2D eigenvalue weighted by atomic mass is 16.7. The highest BCUT2D eigenvalue weighted by Gasteiger charge is 2.49. The molecule has 4 rings (SSSR count). The first-order valence-electron chi connectivity index (χ1n) is 12.4. The van der Waals surface area contributed by atoms with Gasteiger partial charge in [-0.1, -0.05) is 91.0 Å². The monoisotopic (exact) mass is 506 g/mol. The number of rotatable bonds is 12. The van der Waals surface area contributed by atoms with Crippen molar-refractivity contribution in [3.63, 3.8) is 0 Å². The van der Waals surface area contributed by atoms with E-state index >= 15 is 0 Å². The lowest BCUT2D eigenvalue weighted by molar-refractivity contribution is -0.315. The summed E-state index contributed by atoms with van der Waals surface area (Å²) in [6.07, 6.45) is -3.43. The predicted octanol–water partition coefficient (Wildman–Crippen LogP) is 4.68. The zero-order chi connectivity index (χ0) is 25.9. The van der Waals surface area contributed by atoms with E-state index in [2.05, 4.69) is 0 Å². The van der Waals surface area contributed by atoms with Crippen LogP contribution < -0.4 is 0 Å². The molecule has 1 aliphatic heterocycles. The van der Waals surface area contributed by atoms with Crippen molar-refractivity contribution in [1.29, 1.82) is 0 Å². The van der Waals surface area contributed by atoms with E-state index in [-0.39, 0.29) is 6.61 Å². The normalized spacial score (nSPS) is 23.5. The average Bonchev–Trinajstić information content (AvgIpc) is 2.93. The van der Waals surface area contributed by atoms with Crippen LogP contribution in [0.3, 0.4) is 0 Å². The molecule has 0 amide bonds. The minimum absolute atomic E-state index is 0.242. The Bertz CT molecular complexity index is 1060. The summed E-state index contributed by atoms with van der Waals surface area (Å²) in [6.45, 7) is 2.66. The molecule has 5 atom stereocenters. The Kier molecular flexibility index (Phi) is 10.2. The van der Waals surface area contributed by atoms with E-state index in [1.807, 2.05) is 91.0 Å². The maximum absolute atomic E-state index is 12.0. The van der Waals surface area contributed by atoms with Gasteiger partial charge in [-0.05, 0) is 16.7 Å². The van der Waals surface area contributed by atoms with E-state index in [9.17, 15) is 4.79 Å². The van der Waals surface area contributed by atoms with Gasteiger partial charge in [0.1, 0.15) is 18.3 Å². The second kappa shape index (κ2) is 14.0. The summed E-state index contributed by atoms with van der Waals surface area (Å²) < 4.78 is 36.4. The number of carbonyl (C=O) groups excluding carboxylic acids is 1. The van der Waals surface area contributed by atoms with Gasteiger partial charge in [0, 0.05) is 14.0 Å². The van der Waals surface area contributed by atoms with E-state index in [1.165, 1.54) is 14.0 Å². The first-order chi connectivity index (χ1) is 18.1. The van der Waals surface area contributed by atoms with Crippen LogP contribution in [0.4, 0.5) is 0 Å². The van der Waals surface area contributed by atoms with E-state index in [1.54, 1.807) is 0 Å². The summed E-state index contributed by atoms with van der Waals surface area (Å²) in [5.74, 6) is -0.454. The van der Waals surface area contributed by atoms with Crippen molar-refractivity contribution in [2.24, 2.45) is 0 Å². The van der Waals surface area contributed by atoms with Crippen LogP contribution in [0.25, 0.3) is 0 Å². The number of carbonyl (C=O) groups is 1. The molecule has 1 heterocycles. The van der Waals surface area contributed by atoms with Crippen molar-refractivity contribution < 1.29 is 33.2 Å². The van der Waals surface area contributed by atoms with Crippen molar-refractivity contribution in [2.45, 2.75) is 57.5 Å². The lowest BCUT2D eigenvalue weighted by atomic mass is 9.98. The van der Waals surface area contributed by atoms with Crippen LogP contribution in [0.1, 0.15) is 23.6 Å². The first kappa shape index (κ1) is 27.0. The summed E-state index contributed by atoms with van der Waals surface area (Å²) in [5, 5.41) is 0. The average molecular weight is 507 g/mol. The molecular formula is C30H34O7.